The highest BCUT2D eigenvalue weighted by atomic mass is 35.5. The summed E-state index contributed by atoms with van der Waals surface area (Å²) in [7, 11) is 0. The highest BCUT2D eigenvalue weighted by Gasteiger charge is 2.25. The van der Waals surface area contributed by atoms with Crippen molar-refractivity contribution in [1.29, 1.82) is 0 Å². The second-order valence-corrected chi connectivity index (χ2v) is 10.8. The van der Waals surface area contributed by atoms with E-state index in [1.807, 2.05) is 49.1 Å². The molecule has 220 valence electrons. The number of piperidine rings is 1. The lowest BCUT2D eigenvalue weighted by Crippen LogP contribution is -2.33. The molecule has 4 heterocycles. The average Bonchev–Trinajstić information content (AvgIpc) is 3.72. The van der Waals surface area contributed by atoms with Gasteiger partial charge >= 0.3 is 5.97 Å². The number of fused-ring (bicyclic) bond motifs is 1. The predicted molar refractivity (Wildman–Crippen MR) is 160 cm³/mol. The number of nitrogens with zero attached hydrogens (tertiary/aromatic N) is 7. The van der Waals surface area contributed by atoms with Gasteiger partial charge in [0.15, 0.2) is 0 Å². The number of hydrogen-bond donors (Lipinski definition) is 2. The summed E-state index contributed by atoms with van der Waals surface area (Å²) in [5.41, 5.74) is 5.01. The molecule has 0 bridgehead atoms. The van der Waals surface area contributed by atoms with Gasteiger partial charge in [0.25, 0.3) is 0 Å². The van der Waals surface area contributed by atoms with E-state index in [9.17, 15) is 9.90 Å². The third kappa shape index (κ3) is 6.33. The monoisotopic (exact) mass is 590 g/mol. The molecule has 0 unspecified atom stereocenters. The summed E-state index contributed by atoms with van der Waals surface area (Å²) in [6, 6.07) is 14.8. The maximum Gasteiger partial charge on any atom is 0.335 e. The van der Waals surface area contributed by atoms with Crippen molar-refractivity contribution < 1.29 is 14.7 Å². The number of carboxylic acid groups (broad SMARTS) is 1. The lowest BCUT2D eigenvalue weighted by Gasteiger charge is -2.31. The van der Waals surface area contributed by atoms with Crippen LogP contribution >= 0.6 is 11.6 Å². The molecule has 5 aromatic rings. The summed E-state index contributed by atoms with van der Waals surface area (Å²) in [4.78, 5) is 30.7. The van der Waals surface area contributed by atoms with E-state index in [0.29, 0.717) is 30.6 Å². The van der Waals surface area contributed by atoms with Crippen LogP contribution in [0.2, 0.25) is 5.02 Å². The van der Waals surface area contributed by atoms with E-state index in [-0.39, 0.29) is 11.7 Å². The highest BCUT2D eigenvalue weighted by molar-refractivity contribution is 6.30. The Morgan fingerprint density at radius 1 is 1.10 bits per heavy atom. The largest absolute Gasteiger partial charge is 0.478 e. The summed E-state index contributed by atoms with van der Waals surface area (Å²) in [6.07, 6.45) is 7.53. The fraction of sp³-hybridized carbons (Fsp3) is 0.333. The van der Waals surface area contributed by atoms with Crippen molar-refractivity contribution in [2.75, 3.05) is 13.1 Å². The van der Waals surface area contributed by atoms with Crippen LogP contribution in [0, 0.1) is 0 Å². The standard InChI is InChI=1S/C30H32ClN7O3.H3N/c1-2-36-20-32-16-25(36)17-37-28-15-23(30(39)40)5-8-27(28)33-29(37)18-35-12-9-22(10-13-35)26-11-14-38(34-26)41-19-21-3-6-24(31)7-4-21;/h3-8,11,14-16,20,22H,2,9-10,12-13,17-19H2,1H3,(H,39,40);1H3. The van der Waals surface area contributed by atoms with Crippen LogP contribution in [-0.2, 0) is 26.2 Å². The van der Waals surface area contributed by atoms with Crippen LogP contribution in [-0.4, -0.2) is 58.1 Å². The van der Waals surface area contributed by atoms with Crippen molar-refractivity contribution in [3.05, 3.63) is 101 Å². The first kappa shape index (κ1) is 29.3. The number of carbonyl (C=O) groups is 1. The van der Waals surface area contributed by atoms with Gasteiger partial charge in [-0.2, -0.15) is 0 Å². The van der Waals surface area contributed by atoms with Gasteiger partial charge in [-0.3, -0.25) is 4.90 Å². The molecule has 0 spiro atoms. The van der Waals surface area contributed by atoms with Gasteiger partial charge in [0, 0.05) is 23.7 Å². The summed E-state index contributed by atoms with van der Waals surface area (Å²) in [5.74, 6) is 0.340. The number of aromatic carboxylic acids is 1. The summed E-state index contributed by atoms with van der Waals surface area (Å²) in [5, 5.41) is 15.0. The second-order valence-electron chi connectivity index (χ2n) is 10.4. The van der Waals surface area contributed by atoms with Gasteiger partial charge in [-0.1, -0.05) is 23.7 Å². The van der Waals surface area contributed by atoms with Crippen LogP contribution in [0.3, 0.4) is 0 Å². The molecule has 6 rings (SSSR count). The molecule has 1 fully saturated rings. The molecule has 11 nitrogen and oxygen atoms in total. The number of benzene rings is 2. The van der Waals surface area contributed by atoms with E-state index in [1.54, 1.807) is 23.0 Å². The van der Waals surface area contributed by atoms with E-state index in [0.717, 1.165) is 66.3 Å². The van der Waals surface area contributed by atoms with Crippen molar-refractivity contribution in [1.82, 2.24) is 40.1 Å². The van der Waals surface area contributed by atoms with E-state index >= 15 is 0 Å². The van der Waals surface area contributed by atoms with Crippen LogP contribution < -0.4 is 11.0 Å². The normalized spacial score (nSPS) is 14.2. The molecule has 1 aliphatic rings. The Bertz CT molecular complexity index is 1650. The second kappa shape index (κ2) is 12.8. The Labute approximate surface area is 248 Å². The molecule has 4 N–H and O–H groups in total. The number of imidazole rings is 2. The van der Waals surface area contributed by atoms with Crippen molar-refractivity contribution in [2.24, 2.45) is 0 Å². The number of halogens is 1. The molecule has 0 atom stereocenters. The SMILES string of the molecule is CCn1cncc1Cn1c(CN2CCC(c3ccn(OCc4ccc(Cl)cc4)n3)CC2)nc2ccc(C(=O)O)cc21.N. The van der Waals surface area contributed by atoms with Crippen LogP contribution in [0.15, 0.2) is 67.3 Å². The van der Waals surface area contributed by atoms with Crippen molar-refractivity contribution in [2.45, 2.75) is 51.9 Å². The van der Waals surface area contributed by atoms with Crippen LogP contribution in [0.25, 0.3) is 11.0 Å². The van der Waals surface area contributed by atoms with E-state index in [2.05, 4.69) is 31.0 Å². The zero-order chi connectivity index (χ0) is 28.3. The maximum absolute atomic E-state index is 11.7. The first-order valence-corrected chi connectivity index (χ1v) is 14.2. The lowest BCUT2D eigenvalue weighted by molar-refractivity contribution is 0.0683. The predicted octanol–water partition coefficient (Wildman–Crippen LogP) is 5.02. The lowest BCUT2D eigenvalue weighted by atomic mass is 9.94. The van der Waals surface area contributed by atoms with E-state index < -0.39 is 5.97 Å². The summed E-state index contributed by atoms with van der Waals surface area (Å²) >= 11 is 5.97. The fourth-order valence-corrected chi connectivity index (χ4v) is 5.57. The Morgan fingerprint density at radius 3 is 2.62 bits per heavy atom. The molecule has 3 aromatic heterocycles. The van der Waals surface area contributed by atoms with Gasteiger partial charge in [-0.15, -0.1) is 9.94 Å². The van der Waals surface area contributed by atoms with Crippen molar-refractivity contribution in [3.8, 4) is 0 Å². The van der Waals surface area contributed by atoms with Gasteiger partial charge in [-0.25, -0.2) is 14.8 Å². The van der Waals surface area contributed by atoms with Gasteiger partial charge in [0.2, 0.25) is 0 Å². The number of aromatic nitrogens is 6. The molecule has 0 aliphatic carbocycles. The third-order valence-electron chi connectivity index (χ3n) is 7.77. The molecule has 0 amide bonds. The van der Waals surface area contributed by atoms with Crippen molar-refractivity contribution >= 4 is 28.6 Å². The molecule has 0 saturated carbocycles. The minimum absolute atomic E-state index is 0. The van der Waals surface area contributed by atoms with Gasteiger partial charge in [0.05, 0.1) is 53.6 Å². The molecule has 1 saturated heterocycles. The molecular formula is C30H35ClN8O3. The Hall–Kier alpha value is -4.19. The van der Waals surface area contributed by atoms with Crippen LogP contribution in [0.4, 0.5) is 0 Å². The zero-order valence-corrected chi connectivity index (χ0v) is 24.3. The van der Waals surface area contributed by atoms with Gasteiger partial charge in [0.1, 0.15) is 12.4 Å². The first-order chi connectivity index (χ1) is 20.0. The molecule has 1 aliphatic heterocycles. The quantitative estimate of drug-likeness (QED) is 0.231. The number of carboxylic acids is 1. The van der Waals surface area contributed by atoms with Gasteiger partial charge in [-0.05, 0) is 74.8 Å². The summed E-state index contributed by atoms with van der Waals surface area (Å²) in [6.45, 7) is 6.41. The molecule has 12 heteroatoms. The minimum atomic E-state index is -0.945. The molecular weight excluding hydrogens is 556 g/mol. The fourth-order valence-electron chi connectivity index (χ4n) is 5.45. The Morgan fingerprint density at radius 2 is 1.88 bits per heavy atom. The highest BCUT2D eigenvalue weighted by Crippen LogP contribution is 2.28. The zero-order valence-electron chi connectivity index (χ0n) is 23.6. The van der Waals surface area contributed by atoms with Crippen LogP contribution in [0.1, 0.15) is 58.8 Å². The topological polar surface area (TPSA) is 138 Å². The number of aryl methyl sites for hydroxylation is 1. The number of hydrogen-bond acceptors (Lipinski definition) is 7. The summed E-state index contributed by atoms with van der Waals surface area (Å²) < 4.78 is 4.23. The Kier molecular flexibility index (Phi) is 8.91. The van der Waals surface area contributed by atoms with Crippen molar-refractivity contribution in [3.63, 3.8) is 0 Å². The smallest absolute Gasteiger partial charge is 0.335 e. The average molecular weight is 591 g/mol. The Balaban J connectivity index is 0.00000353. The van der Waals surface area contributed by atoms with E-state index in [1.165, 1.54) is 0 Å². The minimum Gasteiger partial charge on any atom is -0.478 e. The van der Waals surface area contributed by atoms with Gasteiger partial charge < -0.3 is 25.2 Å². The van der Waals surface area contributed by atoms with E-state index in [4.69, 9.17) is 21.4 Å². The molecule has 2 aromatic carbocycles. The maximum atomic E-state index is 11.7. The third-order valence-corrected chi connectivity index (χ3v) is 8.02. The first-order valence-electron chi connectivity index (χ1n) is 13.8. The number of likely N-dealkylation sites (tertiary alicyclic amines) is 1. The van der Waals surface area contributed by atoms with Crippen LogP contribution in [0.5, 0.6) is 0 Å². The molecule has 42 heavy (non-hydrogen) atoms. The number of rotatable bonds is 10. The molecule has 0 radical (unpaired) electrons.